The van der Waals surface area contributed by atoms with Gasteiger partial charge in [0.25, 0.3) is 5.91 Å². The zero-order valence-electron chi connectivity index (χ0n) is 7.92. The van der Waals surface area contributed by atoms with Gasteiger partial charge in [0.2, 0.25) is 0 Å². The maximum Gasteiger partial charge on any atom is 0.255 e. The molecule has 0 aliphatic heterocycles. The third-order valence-electron chi connectivity index (χ3n) is 2.55. The van der Waals surface area contributed by atoms with Crippen LogP contribution in [-0.4, -0.2) is 11.9 Å². The lowest BCUT2D eigenvalue weighted by Crippen LogP contribution is -2.33. The van der Waals surface area contributed by atoms with Gasteiger partial charge in [-0.2, -0.15) is 0 Å². The molecule has 0 aromatic carbocycles. The van der Waals surface area contributed by atoms with Crippen LogP contribution in [0.15, 0.2) is 21.4 Å². The van der Waals surface area contributed by atoms with E-state index in [1.807, 2.05) is 6.92 Å². The number of carbonyl (C=O) groups excluding carboxylic acids is 1. The molecule has 1 heterocycles. The smallest absolute Gasteiger partial charge is 0.255 e. The summed E-state index contributed by atoms with van der Waals surface area (Å²) < 4.78 is 5.50. The first kappa shape index (κ1) is 9.77. The van der Waals surface area contributed by atoms with Crippen LogP contribution in [0.1, 0.15) is 30.1 Å². The Hall–Kier alpha value is -0.770. The zero-order chi connectivity index (χ0) is 10.1. The van der Waals surface area contributed by atoms with Crippen LogP contribution in [0.4, 0.5) is 0 Å². The Kier molecular flexibility index (Phi) is 2.63. The Morgan fingerprint density at radius 3 is 2.93 bits per heavy atom. The highest BCUT2D eigenvalue weighted by atomic mass is 79.9. The van der Waals surface area contributed by atoms with E-state index in [9.17, 15) is 4.79 Å². The lowest BCUT2D eigenvalue weighted by Gasteiger charge is -2.11. The Bertz CT molecular complexity index is 344. The molecule has 1 amide bonds. The maximum atomic E-state index is 11.7. The van der Waals surface area contributed by atoms with Gasteiger partial charge in [-0.1, -0.05) is 0 Å². The average Bonchev–Trinajstić information content (AvgIpc) is 2.89. The molecular weight excluding hydrogens is 246 g/mol. The Morgan fingerprint density at radius 1 is 1.71 bits per heavy atom. The number of rotatable bonds is 3. The van der Waals surface area contributed by atoms with Crippen molar-refractivity contribution in [2.24, 2.45) is 5.92 Å². The van der Waals surface area contributed by atoms with Crippen molar-refractivity contribution in [2.45, 2.75) is 25.8 Å². The second kappa shape index (κ2) is 3.77. The minimum Gasteiger partial charge on any atom is -0.457 e. The summed E-state index contributed by atoms with van der Waals surface area (Å²) in [6.45, 7) is 2.05. The molecule has 1 aromatic heterocycles. The lowest BCUT2D eigenvalue weighted by atomic mass is 10.2. The largest absolute Gasteiger partial charge is 0.457 e. The van der Waals surface area contributed by atoms with Crippen molar-refractivity contribution in [1.29, 1.82) is 0 Å². The Labute approximate surface area is 91.0 Å². The molecule has 2 rings (SSSR count). The van der Waals surface area contributed by atoms with Gasteiger partial charge in [-0.25, -0.2) is 0 Å². The number of nitrogens with one attached hydrogen (secondary N) is 1. The molecule has 3 nitrogen and oxygen atoms in total. The molecule has 14 heavy (non-hydrogen) atoms. The molecule has 1 aliphatic carbocycles. The molecule has 0 radical (unpaired) electrons. The highest BCUT2D eigenvalue weighted by Crippen LogP contribution is 2.32. The van der Waals surface area contributed by atoms with E-state index in [4.69, 9.17) is 4.42 Å². The van der Waals surface area contributed by atoms with Crippen LogP contribution in [0, 0.1) is 5.92 Å². The van der Waals surface area contributed by atoms with Crippen LogP contribution < -0.4 is 5.32 Å². The SMILES string of the molecule is CC(NC(=O)c1ccoc1Br)C1CC1. The number of carbonyl (C=O) groups is 1. The van der Waals surface area contributed by atoms with Gasteiger partial charge >= 0.3 is 0 Å². The van der Waals surface area contributed by atoms with Crippen molar-refractivity contribution in [1.82, 2.24) is 5.32 Å². The van der Waals surface area contributed by atoms with Crippen LogP contribution in [0.25, 0.3) is 0 Å². The van der Waals surface area contributed by atoms with Gasteiger partial charge in [0.1, 0.15) is 0 Å². The summed E-state index contributed by atoms with van der Waals surface area (Å²) in [6, 6.07) is 1.93. The summed E-state index contributed by atoms with van der Waals surface area (Å²) in [5.41, 5.74) is 0.567. The van der Waals surface area contributed by atoms with Crippen molar-refractivity contribution in [2.75, 3.05) is 0 Å². The predicted molar refractivity (Wildman–Crippen MR) is 56.1 cm³/mol. The second-order valence-electron chi connectivity index (χ2n) is 3.71. The summed E-state index contributed by atoms with van der Waals surface area (Å²) in [7, 11) is 0. The van der Waals surface area contributed by atoms with Crippen molar-refractivity contribution < 1.29 is 9.21 Å². The van der Waals surface area contributed by atoms with Gasteiger partial charge < -0.3 is 9.73 Å². The third kappa shape index (κ3) is 2.00. The molecule has 1 unspecified atom stereocenters. The Morgan fingerprint density at radius 2 is 2.43 bits per heavy atom. The standard InChI is InChI=1S/C10H12BrNO2/c1-6(7-2-3-7)12-10(13)8-4-5-14-9(8)11/h4-7H,2-3H2,1H3,(H,12,13). The molecule has 1 atom stereocenters. The molecule has 1 aliphatic rings. The minimum atomic E-state index is -0.0648. The normalized spacial score (nSPS) is 17.9. The first-order valence-corrected chi connectivity index (χ1v) is 5.51. The lowest BCUT2D eigenvalue weighted by molar-refractivity contribution is 0.0934. The van der Waals surface area contributed by atoms with Crippen molar-refractivity contribution in [3.05, 3.63) is 22.6 Å². The molecule has 0 saturated heterocycles. The van der Waals surface area contributed by atoms with Crippen molar-refractivity contribution in [3.8, 4) is 0 Å². The van der Waals surface area contributed by atoms with Crippen LogP contribution in [0.2, 0.25) is 0 Å². The van der Waals surface area contributed by atoms with Crippen LogP contribution >= 0.6 is 15.9 Å². The number of amides is 1. The molecule has 1 saturated carbocycles. The monoisotopic (exact) mass is 257 g/mol. The van der Waals surface area contributed by atoms with Crippen molar-refractivity contribution >= 4 is 21.8 Å². The second-order valence-corrected chi connectivity index (χ2v) is 4.43. The van der Waals surface area contributed by atoms with E-state index >= 15 is 0 Å². The molecule has 0 bridgehead atoms. The van der Waals surface area contributed by atoms with E-state index in [2.05, 4.69) is 21.2 Å². The summed E-state index contributed by atoms with van der Waals surface area (Å²) >= 11 is 3.18. The summed E-state index contributed by atoms with van der Waals surface area (Å²) in [5, 5.41) is 2.96. The molecule has 1 fully saturated rings. The van der Waals surface area contributed by atoms with Gasteiger partial charge in [0, 0.05) is 6.04 Å². The van der Waals surface area contributed by atoms with Gasteiger partial charge in [-0.05, 0) is 47.7 Å². The van der Waals surface area contributed by atoms with Crippen LogP contribution in [-0.2, 0) is 0 Å². The van der Waals surface area contributed by atoms with E-state index in [0.29, 0.717) is 16.2 Å². The summed E-state index contributed by atoms with van der Waals surface area (Å²) in [5.74, 6) is 0.606. The number of hydrogen-bond donors (Lipinski definition) is 1. The molecule has 1 N–H and O–H groups in total. The van der Waals surface area contributed by atoms with E-state index in [1.54, 1.807) is 6.07 Å². The quantitative estimate of drug-likeness (QED) is 0.905. The summed E-state index contributed by atoms with van der Waals surface area (Å²) in [6.07, 6.45) is 3.96. The number of furan rings is 1. The average molecular weight is 258 g/mol. The molecular formula is C10H12BrNO2. The molecule has 76 valence electrons. The van der Waals surface area contributed by atoms with Crippen molar-refractivity contribution in [3.63, 3.8) is 0 Å². The fraction of sp³-hybridized carbons (Fsp3) is 0.500. The first-order valence-electron chi connectivity index (χ1n) is 4.72. The fourth-order valence-electron chi connectivity index (χ4n) is 1.45. The molecule has 4 heteroatoms. The van der Waals surface area contributed by atoms with E-state index in [0.717, 1.165) is 0 Å². The molecule has 1 aromatic rings. The fourth-order valence-corrected chi connectivity index (χ4v) is 1.87. The predicted octanol–water partition coefficient (Wildman–Crippen LogP) is 2.57. The molecule has 0 spiro atoms. The first-order chi connectivity index (χ1) is 6.68. The highest BCUT2D eigenvalue weighted by Gasteiger charge is 2.29. The van der Waals surface area contributed by atoms with Gasteiger partial charge in [0.15, 0.2) is 4.67 Å². The van der Waals surface area contributed by atoms with Gasteiger partial charge in [-0.3, -0.25) is 4.79 Å². The van der Waals surface area contributed by atoms with E-state index in [1.165, 1.54) is 19.1 Å². The van der Waals surface area contributed by atoms with E-state index < -0.39 is 0 Å². The van der Waals surface area contributed by atoms with Gasteiger partial charge in [0.05, 0.1) is 11.8 Å². The number of hydrogen-bond acceptors (Lipinski definition) is 2. The Balaban J connectivity index is 1.98. The minimum absolute atomic E-state index is 0.0648. The third-order valence-corrected chi connectivity index (χ3v) is 3.16. The maximum absolute atomic E-state index is 11.7. The zero-order valence-corrected chi connectivity index (χ0v) is 9.50. The van der Waals surface area contributed by atoms with Gasteiger partial charge in [-0.15, -0.1) is 0 Å². The van der Waals surface area contributed by atoms with E-state index in [-0.39, 0.29) is 11.9 Å². The highest BCUT2D eigenvalue weighted by molar-refractivity contribution is 9.10. The topological polar surface area (TPSA) is 42.2 Å². The van der Waals surface area contributed by atoms with Crippen LogP contribution in [0.3, 0.4) is 0 Å². The van der Waals surface area contributed by atoms with Crippen LogP contribution in [0.5, 0.6) is 0 Å². The number of halogens is 1. The summed E-state index contributed by atoms with van der Waals surface area (Å²) in [4.78, 5) is 11.7.